The van der Waals surface area contributed by atoms with Gasteiger partial charge in [0.1, 0.15) is 0 Å². The van der Waals surface area contributed by atoms with E-state index in [1.54, 1.807) is 0 Å². The number of rotatable bonds is 6. The van der Waals surface area contributed by atoms with Crippen LogP contribution in [0.3, 0.4) is 0 Å². The molecule has 0 saturated carbocycles. The molecule has 11 rings (SSSR count). The van der Waals surface area contributed by atoms with E-state index < -0.39 is 0 Å². The molecule has 5 heteroatoms. The number of nitrogens with zero attached hydrogens (tertiary/aromatic N) is 5. The van der Waals surface area contributed by atoms with Gasteiger partial charge in [0.2, 0.25) is 0 Å². The molecule has 0 aliphatic rings. The minimum absolute atomic E-state index is 0.622. The van der Waals surface area contributed by atoms with Crippen molar-refractivity contribution >= 4 is 43.5 Å². The summed E-state index contributed by atoms with van der Waals surface area (Å²) in [6.07, 6.45) is 0. The van der Waals surface area contributed by atoms with E-state index in [0.29, 0.717) is 17.5 Å². The molecule has 0 atom stereocenters. The molecular weight excluding hydrogens is 695 g/mol. The SMILES string of the molecule is c1ccc(-c2nc(-c3ccccc3)nc(-c3ccccc3-c3cccc4c3c3cc5c(cc3n4-c3ccccc3)c(-c3ccccc3)nc3ccccc35)n2)cc1. The normalized spacial score (nSPS) is 11.5. The summed E-state index contributed by atoms with van der Waals surface area (Å²) in [6, 6.07) is 69.8. The van der Waals surface area contributed by atoms with Gasteiger partial charge in [-0.15, -0.1) is 0 Å². The molecule has 3 heterocycles. The standard InChI is InChI=1S/C52H33N5/c1-5-18-34(19-6-1)49-43-33-47-44(32-42(43)39-27-15-16-30-45(39)53-49)48-40(29-17-31-46(48)57(47)37-24-11-4-12-25-37)38-26-13-14-28-41(38)52-55-50(35-20-7-2-8-21-35)54-51(56-52)36-22-9-3-10-23-36/h1-33H. The van der Waals surface area contributed by atoms with Gasteiger partial charge in [0.25, 0.3) is 0 Å². The van der Waals surface area contributed by atoms with Crippen molar-refractivity contribution in [3.05, 3.63) is 200 Å². The lowest BCUT2D eigenvalue weighted by atomic mass is 9.93. The zero-order valence-corrected chi connectivity index (χ0v) is 30.8. The molecule has 0 fully saturated rings. The van der Waals surface area contributed by atoms with Crippen LogP contribution in [0.15, 0.2) is 200 Å². The number of benzene rings is 8. The number of hydrogen-bond donors (Lipinski definition) is 0. The molecule has 5 nitrogen and oxygen atoms in total. The van der Waals surface area contributed by atoms with Gasteiger partial charge in [0, 0.05) is 49.5 Å². The van der Waals surface area contributed by atoms with E-state index in [0.717, 1.165) is 82.9 Å². The Morgan fingerprint density at radius 2 is 0.860 bits per heavy atom. The summed E-state index contributed by atoms with van der Waals surface area (Å²) in [5, 5.41) is 5.72. The maximum atomic E-state index is 5.28. The summed E-state index contributed by atoms with van der Waals surface area (Å²) in [4.78, 5) is 20.6. The van der Waals surface area contributed by atoms with Gasteiger partial charge in [-0.2, -0.15) is 0 Å². The maximum Gasteiger partial charge on any atom is 0.164 e. The van der Waals surface area contributed by atoms with Crippen LogP contribution in [0.25, 0.3) is 106 Å². The quantitative estimate of drug-likeness (QED) is 0.160. The van der Waals surface area contributed by atoms with Crippen LogP contribution in [0.2, 0.25) is 0 Å². The summed E-state index contributed by atoms with van der Waals surface area (Å²) in [6.45, 7) is 0. The van der Waals surface area contributed by atoms with Gasteiger partial charge in [-0.05, 0) is 52.9 Å². The largest absolute Gasteiger partial charge is 0.309 e. The topological polar surface area (TPSA) is 56.5 Å². The van der Waals surface area contributed by atoms with Crippen LogP contribution >= 0.6 is 0 Å². The highest BCUT2D eigenvalue weighted by Gasteiger charge is 2.22. The molecule has 0 amide bonds. The average molecular weight is 728 g/mol. The molecule has 3 aromatic heterocycles. The lowest BCUT2D eigenvalue weighted by Crippen LogP contribution is -2.01. The number of hydrogen-bond acceptors (Lipinski definition) is 4. The zero-order chi connectivity index (χ0) is 37.7. The molecule has 0 unspecified atom stereocenters. The zero-order valence-electron chi connectivity index (χ0n) is 30.8. The highest BCUT2D eigenvalue weighted by molar-refractivity contribution is 6.23. The summed E-state index contributed by atoms with van der Waals surface area (Å²) >= 11 is 0. The molecule has 266 valence electrons. The van der Waals surface area contributed by atoms with Crippen LogP contribution in [0, 0.1) is 0 Å². The van der Waals surface area contributed by atoms with Crippen molar-refractivity contribution in [2.45, 2.75) is 0 Å². The van der Waals surface area contributed by atoms with Crippen LogP contribution < -0.4 is 0 Å². The van der Waals surface area contributed by atoms with Crippen LogP contribution in [0.4, 0.5) is 0 Å². The second-order valence-corrected chi connectivity index (χ2v) is 14.2. The van der Waals surface area contributed by atoms with Crippen molar-refractivity contribution in [3.8, 4) is 62.2 Å². The molecule has 0 N–H and O–H groups in total. The number of para-hydroxylation sites is 2. The van der Waals surface area contributed by atoms with E-state index in [1.807, 2.05) is 60.7 Å². The van der Waals surface area contributed by atoms with E-state index in [4.69, 9.17) is 19.9 Å². The average Bonchev–Trinajstić information content (AvgIpc) is 3.62. The van der Waals surface area contributed by atoms with Crippen molar-refractivity contribution in [3.63, 3.8) is 0 Å². The van der Waals surface area contributed by atoms with Gasteiger partial charge < -0.3 is 4.57 Å². The Labute approximate surface area is 329 Å². The first-order chi connectivity index (χ1) is 28.3. The summed E-state index contributed by atoms with van der Waals surface area (Å²) in [5.41, 5.74) is 11.3. The van der Waals surface area contributed by atoms with Crippen molar-refractivity contribution < 1.29 is 0 Å². The monoisotopic (exact) mass is 727 g/mol. The maximum absolute atomic E-state index is 5.28. The van der Waals surface area contributed by atoms with Gasteiger partial charge in [0.15, 0.2) is 17.5 Å². The van der Waals surface area contributed by atoms with Gasteiger partial charge in [-0.3, -0.25) is 0 Å². The molecule has 0 bridgehead atoms. The molecule has 57 heavy (non-hydrogen) atoms. The molecule has 0 aliphatic carbocycles. The van der Waals surface area contributed by atoms with E-state index in [2.05, 4.69) is 144 Å². The van der Waals surface area contributed by atoms with Crippen LogP contribution in [-0.4, -0.2) is 24.5 Å². The van der Waals surface area contributed by atoms with Crippen molar-refractivity contribution in [2.75, 3.05) is 0 Å². The first-order valence-corrected chi connectivity index (χ1v) is 19.2. The second kappa shape index (κ2) is 13.5. The van der Waals surface area contributed by atoms with Crippen LogP contribution in [0.5, 0.6) is 0 Å². The molecule has 11 aromatic rings. The van der Waals surface area contributed by atoms with E-state index in [1.165, 1.54) is 5.39 Å². The van der Waals surface area contributed by atoms with E-state index >= 15 is 0 Å². The highest BCUT2D eigenvalue weighted by Crippen LogP contribution is 2.44. The predicted octanol–water partition coefficient (Wildman–Crippen LogP) is 13.0. The third-order valence-corrected chi connectivity index (χ3v) is 10.8. The van der Waals surface area contributed by atoms with Crippen LogP contribution in [-0.2, 0) is 0 Å². The number of aromatic nitrogens is 5. The molecule has 0 spiro atoms. The lowest BCUT2D eigenvalue weighted by Gasteiger charge is -2.13. The lowest BCUT2D eigenvalue weighted by molar-refractivity contribution is 1.07. The Balaban J connectivity index is 1.23. The Hall–Kier alpha value is -7.76. The summed E-state index contributed by atoms with van der Waals surface area (Å²) in [7, 11) is 0. The van der Waals surface area contributed by atoms with Gasteiger partial charge in [-0.1, -0.05) is 164 Å². The van der Waals surface area contributed by atoms with Crippen LogP contribution in [0.1, 0.15) is 0 Å². The Morgan fingerprint density at radius 1 is 0.316 bits per heavy atom. The Bertz CT molecular complexity index is 3210. The smallest absolute Gasteiger partial charge is 0.164 e. The third-order valence-electron chi connectivity index (χ3n) is 10.8. The minimum atomic E-state index is 0.622. The predicted molar refractivity (Wildman–Crippen MR) is 234 cm³/mol. The van der Waals surface area contributed by atoms with Crippen molar-refractivity contribution in [1.82, 2.24) is 24.5 Å². The summed E-state index contributed by atoms with van der Waals surface area (Å²) in [5.74, 6) is 1.89. The second-order valence-electron chi connectivity index (χ2n) is 14.2. The minimum Gasteiger partial charge on any atom is -0.309 e. The Morgan fingerprint density at radius 3 is 1.54 bits per heavy atom. The summed E-state index contributed by atoms with van der Waals surface area (Å²) < 4.78 is 2.39. The molecular formula is C52H33N5. The van der Waals surface area contributed by atoms with E-state index in [9.17, 15) is 0 Å². The number of fused-ring (bicyclic) bond motifs is 6. The molecule has 8 aromatic carbocycles. The first-order valence-electron chi connectivity index (χ1n) is 19.2. The van der Waals surface area contributed by atoms with Gasteiger partial charge >= 0.3 is 0 Å². The third kappa shape index (κ3) is 5.56. The van der Waals surface area contributed by atoms with E-state index in [-0.39, 0.29) is 0 Å². The molecule has 0 aliphatic heterocycles. The number of pyridine rings is 1. The van der Waals surface area contributed by atoms with Gasteiger partial charge in [-0.25, -0.2) is 19.9 Å². The Kier molecular flexibility index (Phi) is 7.74. The molecule has 0 radical (unpaired) electrons. The molecule has 0 saturated heterocycles. The fourth-order valence-electron chi connectivity index (χ4n) is 8.25. The van der Waals surface area contributed by atoms with Crippen molar-refractivity contribution in [2.24, 2.45) is 0 Å². The highest BCUT2D eigenvalue weighted by atomic mass is 15.0. The fourth-order valence-corrected chi connectivity index (χ4v) is 8.25. The first kappa shape index (κ1) is 32.7. The van der Waals surface area contributed by atoms with Crippen molar-refractivity contribution in [1.29, 1.82) is 0 Å². The van der Waals surface area contributed by atoms with Gasteiger partial charge in [0.05, 0.1) is 22.2 Å². The fraction of sp³-hybridized carbons (Fsp3) is 0.